The Morgan fingerprint density at radius 2 is 1.45 bits per heavy atom. The second-order valence-electron chi connectivity index (χ2n) is 12.3. The molecule has 0 bridgehead atoms. The minimum Gasteiger partial charge on any atom is -0.478 e. The standard InChI is InChI=1S/C45H37N7O8/c1-4-58-40(53)29-52(22-23-60-59-5-2)43-32(8-6-10-36(24-46)41(38(26-48)27-49)30-12-18-34(19-13-30)44(54)55)16-17-33(43)9-7-11-37(25-47)42(39(28-50)51-3)31-14-20-35(21-15-31)45(56)57/h6-15,18-21,38H,4-5,16-17,22-23,29H2,1-2H3,(H,54,55)(H,56,57)/b9-7+,10-6+,32-8?,37-11+,41-36-,42-39+. The van der Waals surface area contributed by atoms with Crippen LogP contribution in [0, 0.1) is 69.1 Å². The molecule has 300 valence electrons. The molecule has 2 aromatic carbocycles. The number of carbonyl (C=O) groups excluding carboxylic acids is 1. The number of benzene rings is 2. The molecule has 1 aliphatic carbocycles. The normalized spacial score (nSPS) is 14.0. The Labute approximate surface area is 346 Å². The lowest BCUT2D eigenvalue weighted by atomic mass is 9.89. The first-order valence-electron chi connectivity index (χ1n) is 18.2. The summed E-state index contributed by atoms with van der Waals surface area (Å²) >= 11 is 0. The van der Waals surface area contributed by atoms with Crippen molar-refractivity contribution >= 4 is 29.1 Å². The Morgan fingerprint density at radius 1 is 0.833 bits per heavy atom. The minimum atomic E-state index is -1.36. The molecule has 0 aliphatic heterocycles. The van der Waals surface area contributed by atoms with Crippen molar-refractivity contribution < 1.29 is 39.1 Å². The fourth-order valence-corrected chi connectivity index (χ4v) is 6.01. The van der Waals surface area contributed by atoms with Gasteiger partial charge in [0.15, 0.2) is 5.92 Å². The Balaban J connectivity index is 2.24. The molecule has 0 aromatic heterocycles. The van der Waals surface area contributed by atoms with Crippen LogP contribution in [0.15, 0.2) is 119 Å². The second kappa shape index (κ2) is 23.7. The number of esters is 1. The molecule has 0 saturated heterocycles. The van der Waals surface area contributed by atoms with Crippen LogP contribution in [0.3, 0.4) is 0 Å². The summed E-state index contributed by atoms with van der Waals surface area (Å²) in [5.41, 5.74) is 2.18. The smallest absolute Gasteiger partial charge is 0.335 e. The molecule has 0 atom stereocenters. The van der Waals surface area contributed by atoms with Crippen LogP contribution < -0.4 is 0 Å². The highest BCUT2D eigenvalue weighted by Crippen LogP contribution is 2.36. The highest BCUT2D eigenvalue weighted by Gasteiger charge is 2.26. The van der Waals surface area contributed by atoms with E-state index in [4.69, 9.17) is 21.1 Å². The van der Waals surface area contributed by atoms with Crippen molar-refractivity contribution in [3.63, 3.8) is 0 Å². The van der Waals surface area contributed by atoms with Gasteiger partial charge < -0.3 is 19.8 Å². The number of ether oxygens (including phenoxy) is 1. The summed E-state index contributed by atoms with van der Waals surface area (Å²) in [6.45, 7) is 11.4. The molecule has 0 spiro atoms. The van der Waals surface area contributed by atoms with Gasteiger partial charge in [-0.05, 0) is 85.4 Å². The SMILES string of the molecule is [C-]#[N+]/C(C#N)=C(/C(C#N)=C/C=C/C1=C(N(CCOOCC)CC(=O)OCC)C(=C/C=C/C(C#N)=C(\c2ccc(C(=O)O)cc2)C(C#N)C#N)CC1)c1ccc(C(=O)O)cc1. The van der Waals surface area contributed by atoms with Gasteiger partial charge in [0, 0.05) is 23.4 Å². The maximum atomic E-state index is 12.9. The van der Waals surface area contributed by atoms with Crippen molar-refractivity contribution in [3.8, 4) is 30.3 Å². The number of hydrogen-bond donors (Lipinski definition) is 2. The number of allylic oxidation sites excluding steroid dienone is 13. The largest absolute Gasteiger partial charge is 0.478 e. The van der Waals surface area contributed by atoms with Crippen molar-refractivity contribution in [1.82, 2.24) is 4.90 Å². The highest BCUT2D eigenvalue weighted by molar-refractivity contribution is 5.91. The molecule has 3 rings (SSSR count). The number of carboxylic acids is 2. The van der Waals surface area contributed by atoms with E-state index in [-0.39, 0.29) is 77.6 Å². The molecule has 60 heavy (non-hydrogen) atoms. The van der Waals surface area contributed by atoms with E-state index in [1.807, 2.05) is 24.3 Å². The second-order valence-corrected chi connectivity index (χ2v) is 12.3. The first kappa shape index (κ1) is 46.1. The predicted molar refractivity (Wildman–Crippen MR) is 215 cm³/mol. The van der Waals surface area contributed by atoms with Crippen LogP contribution in [0.25, 0.3) is 16.0 Å². The van der Waals surface area contributed by atoms with Crippen molar-refractivity contribution in [2.75, 3.05) is 32.9 Å². The van der Waals surface area contributed by atoms with Crippen LogP contribution in [0.1, 0.15) is 58.5 Å². The first-order valence-corrected chi connectivity index (χ1v) is 18.2. The van der Waals surface area contributed by atoms with Crippen molar-refractivity contribution in [3.05, 3.63) is 152 Å². The van der Waals surface area contributed by atoms with Gasteiger partial charge in [0.05, 0.1) is 79.0 Å². The molecule has 2 N–H and O–H groups in total. The molecule has 0 fully saturated rings. The third-order valence-corrected chi connectivity index (χ3v) is 8.65. The third kappa shape index (κ3) is 12.3. The molecule has 15 heteroatoms. The van der Waals surface area contributed by atoms with Crippen LogP contribution in [0.4, 0.5) is 0 Å². The molecule has 0 saturated carbocycles. The van der Waals surface area contributed by atoms with Crippen molar-refractivity contribution in [1.29, 1.82) is 26.3 Å². The number of carbonyl (C=O) groups is 3. The average Bonchev–Trinajstić information content (AvgIpc) is 3.66. The zero-order valence-corrected chi connectivity index (χ0v) is 32.6. The van der Waals surface area contributed by atoms with Crippen LogP contribution >= 0.6 is 0 Å². The summed E-state index contributed by atoms with van der Waals surface area (Å²) < 4.78 is 5.26. The molecule has 1 aliphatic rings. The molecule has 0 unspecified atom stereocenters. The Kier molecular flexibility index (Phi) is 18.2. The molecule has 15 nitrogen and oxygen atoms in total. The van der Waals surface area contributed by atoms with Crippen molar-refractivity contribution in [2.24, 2.45) is 5.92 Å². The van der Waals surface area contributed by atoms with Gasteiger partial charge in [-0.15, -0.1) is 0 Å². The Hall–Kier alpha value is -8.31. The first-order chi connectivity index (χ1) is 29.0. The van der Waals surface area contributed by atoms with E-state index in [1.165, 1.54) is 60.7 Å². The van der Waals surface area contributed by atoms with Gasteiger partial charge in [-0.1, -0.05) is 48.6 Å². The van der Waals surface area contributed by atoms with E-state index in [2.05, 4.69) is 4.85 Å². The summed E-state index contributed by atoms with van der Waals surface area (Å²) in [7, 11) is 0. The van der Waals surface area contributed by atoms with Gasteiger partial charge in [-0.3, -0.25) is 4.79 Å². The fraction of sp³-hybridized carbons (Fsp3) is 0.222. The molecule has 2 aromatic rings. The molecule has 0 heterocycles. The topological polar surface area (TPSA) is 246 Å². The summed E-state index contributed by atoms with van der Waals surface area (Å²) in [5.74, 6) is -4.24. The summed E-state index contributed by atoms with van der Waals surface area (Å²) in [5, 5.41) is 68.4. The van der Waals surface area contributed by atoms with E-state index in [1.54, 1.807) is 49.1 Å². The van der Waals surface area contributed by atoms with Gasteiger partial charge in [-0.2, -0.15) is 21.0 Å². The highest BCUT2D eigenvalue weighted by atomic mass is 17.2. The summed E-state index contributed by atoms with van der Waals surface area (Å²) in [6, 6.07) is 20.5. The summed E-state index contributed by atoms with van der Waals surface area (Å²) in [4.78, 5) is 51.1. The Morgan fingerprint density at radius 3 is 1.97 bits per heavy atom. The lowest BCUT2D eigenvalue weighted by molar-refractivity contribution is -0.291. The maximum Gasteiger partial charge on any atom is 0.335 e. The number of nitrogens with zero attached hydrogens (tertiary/aromatic N) is 7. The zero-order valence-electron chi connectivity index (χ0n) is 32.6. The van der Waals surface area contributed by atoms with E-state index >= 15 is 0 Å². The van der Waals surface area contributed by atoms with Crippen LogP contribution in [-0.4, -0.2) is 65.9 Å². The van der Waals surface area contributed by atoms with Crippen molar-refractivity contribution in [2.45, 2.75) is 26.7 Å². The van der Waals surface area contributed by atoms with E-state index in [9.17, 15) is 50.9 Å². The van der Waals surface area contributed by atoms with Gasteiger partial charge >= 0.3 is 17.9 Å². The summed E-state index contributed by atoms with van der Waals surface area (Å²) in [6.07, 6.45) is 10.2. The van der Waals surface area contributed by atoms with Gasteiger partial charge in [0.1, 0.15) is 6.54 Å². The maximum absolute atomic E-state index is 12.9. The fourth-order valence-electron chi connectivity index (χ4n) is 6.01. The van der Waals surface area contributed by atoms with Gasteiger partial charge in [0.25, 0.3) is 5.70 Å². The minimum absolute atomic E-state index is 0.00790. The molecular weight excluding hydrogens is 767 g/mol. The number of rotatable bonds is 19. The number of hydrogen-bond acceptors (Lipinski definition) is 12. The van der Waals surface area contributed by atoms with Crippen LogP contribution in [-0.2, 0) is 19.3 Å². The monoisotopic (exact) mass is 803 g/mol. The number of carboxylic acid groups (broad SMARTS) is 2. The van der Waals surface area contributed by atoms with Crippen LogP contribution in [0.5, 0.6) is 0 Å². The lowest BCUT2D eigenvalue weighted by Gasteiger charge is -2.27. The number of aromatic carboxylic acids is 2. The van der Waals surface area contributed by atoms with E-state index in [0.29, 0.717) is 35.2 Å². The molecule has 0 amide bonds. The van der Waals surface area contributed by atoms with E-state index in [0.717, 1.165) is 0 Å². The van der Waals surface area contributed by atoms with Gasteiger partial charge in [0.2, 0.25) is 0 Å². The average molecular weight is 804 g/mol. The molecule has 0 radical (unpaired) electrons. The quantitative estimate of drug-likeness (QED) is 0.0270. The zero-order chi connectivity index (χ0) is 44.0. The Bertz CT molecular complexity index is 2420. The lowest BCUT2D eigenvalue weighted by Crippen LogP contribution is -2.34. The number of nitriles is 5. The van der Waals surface area contributed by atoms with Gasteiger partial charge in [-0.25, -0.2) is 29.5 Å². The third-order valence-electron chi connectivity index (χ3n) is 8.65. The van der Waals surface area contributed by atoms with E-state index < -0.39 is 23.8 Å². The molecular formula is C45H37N7O8. The van der Waals surface area contributed by atoms with Crippen LogP contribution in [0.2, 0.25) is 0 Å². The predicted octanol–water partition coefficient (Wildman–Crippen LogP) is 7.25.